The fourth-order valence-corrected chi connectivity index (χ4v) is 3.65. The molecule has 1 saturated heterocycles. The SMILES string of the molecule is COCCn1c(=O)n(C2CCN(C(=O)c3ccncc3)C2)c2ncccc21. The molecule has 8 nitrogen and oxygen atoms in total. The van der Waals surface area contributed by atoms with Gasteiger partial charge in [0.25, 0.3) is 5.91 Å². The Morgan fingerprint density at radius 1 is 1.26 bits per heavy atom. The Labute approximate surface area is 156 Å². The van der Waals surface area contributed by atoms with Gasteiger partial charge in [0.05, 0.1) is 24.7 Å². The lowest BCUT2D eigenvalue weighted by atomic mass is 10.2. The second kappa shape index (κ2) is 7.32. The summed E-state index contributed by atoms with van der Waals surface area (Å²) >= 11 is 0. The molecule has 27 heavy (non-hydrogen) atoms. The summed E-state index contributed by atoms with van der Waals surface area (Å²) in [6.07, 6.45) is 5.63. The summed E-state index contributed by atoms with van der Waals surface area (Å²) in [5.74, 6) is -0.0379. The predicted molar refractivity (Wildman–Crippen MR) is 99.7 cm³/mol. The van der Waals surface area contributed by atoms with Gasteiger partial charge in [-0.3, -0.25) is 18.9 Å². The van der Waals surface area contributed by atoms with E-state index in [1.807, 2.05) is 12.1 Å². The molecule has 3 aromatic rings. The summed E-state index contributed by atoms with van der Waals surface area (Å²) < 4.78 is 8.56. The van der Waals surface area contributed by atoms with Crippen molar-refractivity contribution in [1.29, 1.82) is 0 Å². The van der Waals surface area contributed by atoms with E-state index in [2.05, 4.69) is 9.97 Å². The van der Waals surface area contributed by atoms with Gasteiger partial charge in [0.1, 0.15) is 0 Å². The first-order chi connectivity index (χ1) is 13.2. The van der Waals surface area contributed by atoms with E-state index in [0.29, 0.717) is 37.5 Å². The lowest BCUT2D eigenvalue weighted by Gasteiger charge is -2.17. The van der Waals surface area contributed by atoms with E-state index in [-0.39, 0.29) is 17.6 Å². The third kappa shape index (κ3) is 3.12. The van der Waals surface area contributed by atoms with Crippen molar-refractivity contribution >= 4 is 17.1 Å². The number of imidazole rings is 1. The van der Waals surface area contributed by atoms with Crippen molar-refractivity contribution in [3.8, 4) is 0 Å². The number of aromatic nitrogens is 4. The summed E-state index contributed by atoms with van der Waals surface area (Å²) in [6, 6.07) is 7.04. The largest absolute Gasteiger partial charge is 0.383 e. The van der Waals surface area contributed by atoms with E-state index in [1.54, 1.807) is 51.9 Å². The molecule has 1 aliphatic heterocycles. The number of rotatable bonds is 5. The number of pyridine rings is 2. The third-order valence-electron chi connectivity index (χ3n) is 4.98. The van der Waals surface area contributed by atoms with Crippen LogP contribution in [-0.4, -0.2) is 56.7 Å². The fraction of sp³-hybridized carbons (Fsp3) is 0.368. The second-order valence-electron chi connectivity index (χ2n) is 6.57. The van der Waals surface area contributed by atoms with Crippen LogP contribution in [0.2, 0.25) is 0 Å². The molecule has 1 atom stereocenters. The highest BCUT2D eigenvalue weighted by molar-refractivity contribution is 5.94. The van der Waals surface area contributed by atoms with E-state index in [1.165, 1.54) is 0 Å². The Bertz CT molecular complexity index is 1010. The van der Waals surface area contributed by atoms with Crippen LogP contribution >= 0.6 is 0 Å². The van der Waals surface area contributed by atoms with Crippen LogP contribution in [0.25, 0.3) is 11.2 Å². The summed E-state index contributed by atoms with van der Waals surface area (Å²) in [5.41, 5.74) is 1.95. The molecule has 0 saturated carbocycles. The maximum atomic E-state index is 13.0. The van der Waals surface area contributed by atoms with Crippen LogP contribution in [0.15, 0.2) is 47.7 Å². The van der Waals surface area contributed by atoms with Gasteiger partial charge in [-0.15, -0.1) is 0 Å². The number of amides is 1. The number of hydrogen-bond acceptors (Lipinski definition) is 5. The first-order valence-corrected chi connectivity index (χ1v) is 8.94. The van der Waals surface area contributed by atoms with Gasteiger partial charge in [-0.2, -0.15) is 0 Å². The molecule has 1 amide bonds. The molecule has 0 bridgehead atoms. The highest BCUT2D eigenvalue weighted by Crippen LogP contribution is 2.25. The van der Waals surface area contributed by atoms with Crippen LogP contribution in [0, 0.1) is 0 Å². The Hall–Kier alpha value is -3.00. The molecule has 1 aliphatic rings. The number of methoxy groups -OCH3 is 1. The number of carbonyl (C=O) groups is 1. The molecule has 3 aromatic heterocycles. The number of fused-ring (bicyclic) bond motifs is 1. The molecular formula is C19H21N5O3. The standard InChI is InChI=1S/C19H21N5O3/c1-27-12-11-23-16-3-2-7-21-17(16)24(19(23)26)15-6-10-22(13-15)18(25)14-4-8-20-9-5-14/h2-5,7-9,15H,6,10-13H2,1H3. The van der Waals surface area contributed by atoms with E-state index in [4.69, 9.17) is 4.74 Å². The summed E-state index contributed by atoms with van der Waals surface area (Å²) in [6.45, 7) is 2.01. The normalized spacial score (nSPS) is 16.9. The molecule has 8 heteroatoms. The molecule has 0 aromatic carbocycles. The zero-order valence-corrected chi connectivity index (χ0v) is 15.1. The van der Waals surface area contributed by atoms with Gasteiger partial charge in [0.2, 0.25) is 0 Å². The average Bonchev–Trinajstić information content (AvgIpc) is 3.29. The molecule has 1 unspecified atom stereocenters. The van der Waals surface area contributed by atoms with Crippen molar-refractivity contribution in [2.45, 2.75) is 19.0 Å². The maximum absolute atomic E-state index is 13.0. The third-order valence-corrected chi connectivity index (χ3v) is 4.98. The highest BCUT2D eigenvalue weighted by Gasteiger charge is 2.31. The molecule has 0 aliphatic carbocycles. The van der Waals surface area contributed by atoms with E-state index in [9.17, 15) is 9.59 Å². The van der Waals surface area contributed by atoms with Crippen LogP contribution in [0.1, 0.15) is 22.8 Å². The maximum Gasteiger partial charge on any atom is 0.330 e. The van der Waals surface area contributed by atoms with Crippen LogP contribution in [0.4, 0.5) is 0 Å². The molecule has 140 valence electrons. The Kier molecular flexibility index (Phi) is 4.72. The van der Waals surface area contributed by atoms with Crippen molar-refractivity contribution in [1.82, 2.24) is 24.0 Å². The zero-order chi connectivity index (χ0) is 18.8. The number of ether oxygens (including phenoxy) is 1. The molecular weight excluding hydrogens is 346 g/mol. The summed E-state index contributed by atoms with van der Waals surface area (Å²) in [5, 5.41) is 0. The first-order valence-electron chi connectivity index (χ1n) is 8.94. The minimum absolute atomic E-state index is 0.0379. The van der Waals surface area contributed by atoms with Gasteiger partial charge in [-0.05, 0) is 30.7 Å². The van der Waals surface area contributed by atoms with E-state index in [0.717, 1.165) is 11.9 Å². The molecule has 1 fully saturated rings. The summed E-state index contributed by atoms with van der Waals surface area (Å²) in [4.78, 5) is 35.9. The lowest BCUT2D eigenvalue weighted by molar-refractivity contribution is 0.0787. The van der Waals surface area contributed by atoms with E-state index >= 15 is 0 Å². The van der Waals surface area contributed by atoms with Gasteiger partial charge in [-0.1, -0.05) is 0 Å². The van der Waals surface area contributed by atoms with Gasteiger partial charge in [0, 0.05) is 44.4 Å². The van der Waals surface area contributed by atoms with Crippen molar-refractivity contribution in [2.24, 2.45) is 0 Å². The smallest absolute Gasteiger partial charge is 0.330 e. The number of hydrogen-bond donors (Lipinski definition) is 0. The molecule has 4 heterocycles. The number of nitrogens with zero attached hydrogens (tertiary/aromatic N) is 5. The van der Waals surface area contributed by atoms with Crippen LogP contribution < -0.4 is 5.69 Å². The van der Waals surface area contributed by atoms with E-state index < -0.39 is 0 Å². The Morgan fingerprint density at radius 3 is 2.85 bits per heavy atom. The molecule has 0 spiro atoms. The first kappa shape index (κ1) is 17.4. The van der Waals surface area contributed by atoms with Crippen LogP contribution in [0.3, 0.4) is 0 Å². The summed E-state index contributed by atoms with van der Waals surface area (Å²) in [7, 11) is 1.61. The average molecular weight is 367 g/mol. The molecule has 0 radical (unpaired) electrons. The van der Waals surface area contributed by atoms with Gasteiger partial charge < -0.3 is 9.64 Å². The zero-order valence-electron chi connectivity index (χ0n) is 15.1. The van der Waals surface area contributed by atoms with Crippen molar-refractivity contribution in [3.63, 3.8) is 0 Å². The highest BCUT2D eigenvalue weighted by atomic mass is 16.5. The monoisotopic (exact) mass is 367 g/mol. The quantitative estimate of drug-likeness (QED) is 0.679. The second-order valence-corrected chi connectivity index (χ2v) is 6.57. The predicted octanol–water partition coefficient (Wildman–Crippen LogP) is 1.33. The molecule has 4 rings (SSSR count). The minimum Gasteiger partial charge on any atom is -0.383 e. The van der Waals surface area contributed by atoms with Crippen molar-refractivity contribution in [2.75, 3.05) is 26.8 Å². The lowest BCUT2D eigenvalue weighted by Crippen LogP contribution is -2.32. The fourth-order valence-electron chi connectivity index (χ4n) is 3.65. The van der Waals surface area contributed by atoms with Crippen molar-refractivity contribution < 1.29 is 9.53 Å². The topological polar surface area (TPSA) is 82.2 Å². The van der Waals surface area contributed by atoms with Gasteiger partial charge in [-0.25, -0.2) is 9.78 Å². The molecule has 0 N–H and O–H groups in total. The van der Waals surface area contributed by atoms with Gasteiger partial charge >= 0.3 is 5.69 Å². The Balaban J connectivity index is 1.65. The van der Waals surface area contributed by atoms with Crippen LogP contribution in [-0.2, 0) is 11.3 Å². The van der Waals surface area contributed by atoms with Gasteiger partial charge in [0.15, 0.2) is 5.65 Å². The number of likely N-dealkylation sites (tertiary alicyclic amines) is 1. The van der Waals surface area contributed by atoms with Crippen LogP contribution in [0.5, 0.6) is 0 Å². The van der Waals surface area contributed by atoms with Crippen molar-refractivity contribution in [3.05, 3.63) is 58.9 Å². The number of carbonyl (C=O) groups excluding carboxylic acids is 1. The minimum atomic E-state index is -0.107. The Morgan fingerprint density at radius 2 is 2.07 bits per heavy atom.